The highest BCUT2D eigenvalue weighted by molar-refractivity contribution is 7.80. The number of nitrogens with one attached hydrogen (secondary N) is 3. The maximum absolute atomic E-state index is 12.4. The van der Waals surface area contributed by atoms with Crippen molar-refractivity contribution in [1.29, 1.82) is 0 Å². The number of carbonyl (C=O) groups is 1. The Morgan fingerprint density at radius 2 is 2.17 bits per heavy atom. The van der Waals surface area contributed by atoms with Crippen LogP contribution in [0.15, 0.2) is 22.8 Å². The predicted octanol–water partition coefficient (Wildman–Crippen LogP) is 2.29. The van der Waals surface area contributed by atoms with Crippen LogP contribution in [0.4, 0.5) is 4.79 Å². The molecule has 3 aliphatic rings. The monoisotopic (exact) mass is 419 g/mol. The number of rotatable bonds is 7. The lowest BCUT2D eigenvalue weighted by atomic mass is 10.0. The van der Waals surface area contributed by atoms with Crippen LogP contribution in [0.5, 0.6) is 0 Å². The van der Waals surface area contributed by atoms with Gasteiger partial charge in [0.05, 0.1) is 18.3 Å². The predicted molar refractivity (Wildman–Crippen MR) is 117 cm³/mol. The first kappa shape index (κ1) is 20.5. The molecule has 0 radical (unpaired) electrons. The standard InChI is InChI=1S/C21H33N5O2S/c1-20-6-10-25(17(20)13-20)9-4-8-22-18(27)24-21(2)7-11-26(15-21)19(29)23-14-16-5-3-12-28-16/h3,5,12,17H,4,6-11,13-15H2,1-2H3,(H,23,29)(H2,22,24,27). The van der Waals surface area contributed by atoms with Gasteiger partial charge < -0.3 is 25.3 Å². The fraction of sp³-hybridized carbons (Fsp3) is 0.714. The second-order valence-electron chi connectivity index (χ2n) is 9.36. The van der Waals surface area contributed by atoms with E-state index in [1.807, 2.05) is 12.1 Å². The summed E-state index contributed by atoms with van der Waals surface area (Å²) < 4.78 is 5.32. The number of nitrogens with zero attached hydrogens (tertiary/aromatic N) is 2. The molecule has 3 N–H and O–H groups in total. The van der Waals surface area contributed by atoms with E-state index in [2.05, 4.69) is 39.6 Å². The van der Waals surface area contributed by atoms with Crippen LogP contribution in [0.3, 0.4) is 0 Å². The van der Waals surface area contributed by atoms with Crippen molar-refractivity contribution in [3.8, 4) is 0 Å². The van der Waals surface area contributed by atoms with E-state index >= 15 is 0 Å². The van der Waals surface area contributed by atoms with Crippen LogP contribution >= 0.6 is 12.2 Å². The fourth-order valence-corrected chi connectivity index (χ4v) is 5.00. The molecule has 2 saturated heterocycles. The van der Waals surface area contributed by atoms with Gasteiger partial charge in [0.1, 0.15) is 5.76 Å². The molecular formula is C21H33N5O2S. The number of carbonyl (C=O) groups excluding carboxylic acids is 1. The van der Waals surface area contributed by atoms with E-state index in [0.29, 0.717) is 30.2 Å². The van der Waals surface area contributed by atoms with Crippen molar-refractivity contribution in [2.24, 2.45) is 5.41 Å². The summed E-state index contributed by atoms with van der Waals surface area (Å²) in [7, 11) is 0. The second-order valence-corrected chi connectivity index (χ2v) is 9.75. The highest BCUT2D eigenvalue weighted by Crippen LogP contribution is 2.56. The summed E-state index contributed by atoms with van der Waals surface area (Å²) in [6, 6.07) is 4.50. The van der Waals surface area contributed by atoms with Gasteiger partial charge in [-0.2, -0.15) is 0 Å². The SMILES string of the molecule is CC1(NC(=O)NCCCN2CCC3(C)CC23)CCN(C(=S)NCc2ccco2)C1. The van der Waals surface area contributed by atoms with E-state index < -0.39 is 0 Å². The van der Waals surface area contributed by atoms with Crippen LogP contribution in [0.1, 0.15) is 45.3 Å². The number of piperidine rings is 1. The van der Waals surface area contributed by atoms with Gasteiger partial charge in [0.2, 0.25) is 0 Å². The summed E-state index contributed by atoms with van der Waals surface area (Å²) in [6.07, 6.45) is 6.22. The highest BCUT2D eigenvalue weighted by atomic mass is 32.1. The molecule has 1 saturated carbocycles. The van der Waals surface area contributed by atoms with Gasteiger partial charge in [-0.1, -0.05) is 6.92 Å². The van der Waals surface area contributed by atoms with Crippen molar-refractivity contribution in [1.82, 2.24) is 25.8 Å². The minimum atomic E-state index is -0.273. The van der Waals surface area contributed by atoms with Crippen molar-refractivity contribution >= 4 is 23.4 Å². The van der Waals surface area contributed by atoms with Crippen LogP contribution in [0.25, 0.3) is 0 Å². The Morgan fingerprint density at radius 3 is 2.86 bits per heavy atom. The summed E-state index contributed by atoms with van der Waals surface area (Å²) in [4.78, 5) is 17.1. The average Bonchev–Trinajstić information content (AvgIpc) is 3.09. The van der Waals surface area contributed by atoms with E-state index in [4.69, 9.17) is 16.6 Å². The smallest absolute Gasteiger partial charge is 0.315 e. The van der Waals surface area contributed by atoms with E-state index in [1.165, 1.54) is 19.4 Å². The van der Waals surface area contributed by atoms with Gasteiger partial charge in [-0.05, 0) is 68.9 Å². The molecular weight excluding hydrogens is 386 g/mol. The molecule has 3 atom stereocenters. The third-order valence-corrected chi connectivity index (χ3v) is 7.19. The molecule has 3 fully saturated rings. The number of hydrogen-bond donors (Lipinski definition) is 3. The molecule has 1 aromatic rings. The van der Waals surface area contributed by atoms with Gasteiger partial charge in [-0.15, -0.1) is 0 Å². The molecule has 7 nitrogen and oxygen atoms in total. The number of likely N-dealkylation sites (tertiary alicyclic amines) is 2. The Morgan fingerprint density at radius 1 is 1.31 bits per heavy atom. The molecule has 160 valence electrons. The van der Waals surface area contributed by atoms with E-state index in [9.17, 15) is 4.79 Å². The zero-order chi connectivity index (χ0) is 20.5. The summed E-state index contributed by atoms with van der Waals surface area (Å²) in [6.45, 7) is 9.61. The Balaban J connectivity index is 1.12. The van der Waals surface area contributed by atoms with Crippen molar-refractivity contribution in [3.05, 3.63) is 24.2 Å². The number of amides is 2. The van der Waals surface area contributed by atoms with Crippen LogP contribution in [-0.4, -0.2) is 65.2 Å². The maximum Gasteiger partial charge on any atom is 0.315 e. The molecule has 0 bridgehead atoms. The molecule has 0 aromatic carbocycles. The summed E-state index contributed by atoms with van der Waals surface area (Å²) in [5.41, 5.74) is 0.326. The molecule has 1 aliphatic carbocycles. The van der Waals surface area contributed by atoms with Gasteiger partial charge >= 0.3 is 6.03 Å². The maximum atomic E-state index is 12.4. The van der Waals surface area contributed by atoms with Gasteiger partial charge in [-0.3, -0.25) is 4.90 Å². The molecule has 1 aromatic heterocycles. The Hall–Kier alpha value is -1.80. The molecule has 29 heavy (non-hydrogen) atoms. The van der Waals surface area contributed by atoms with E-state index in [1.54, 1.807) is 6.26 Å². The van der Waals surface area contributed by atoms with E-state index in [0.717, 1.165) is 37.7 Å². The fourth-order valence-electron chi connectivity index (χ4n) is 4.77. The largest absolute Gasteiger partial charge is 0.467 e. The van der Waals surface area contributed by atoms with Crippen molar-refractivity contribution in [2.75, 3.05) is 32.7 Å². The minimum Gasteiger partial charge on any atom is -0.467 e. The quantitative estimate of drug-likeness (QED) is 0.465. The zero-order valence-electron chi connectivity index (χ0n) is 17.5. The molecule has 3 heterocycles. The third-order valence-electron chi connectivity index (χ3n) is 6.79. The van der Waals surface area contributed by atoms with Crippen LogP contribution in [0, 0.1) is 5.41 Å². The summed E-state index contributed by atoms with van der Waals surface area (Å²) in [5.74, 6) is 0.854. The number of furan rings is 1. The topological polar surface area (TPSA) is 72.8 Å². The normalized spacial score (nSPS) is 30.8. The van der Waals surface area contributed by atoms with Crippen molar-refractivity contribution in [3.63, 3.8) is 0 Å². The molecule has 0 spiro atoms. The molecule has 4 rings (SSSR count). The van der Waals surface area contributed by atoms with Crippen LogP contribution < -0.4 is 16.0 Å². The molecule has 2 aliphatic heterocycles. The lowest BCUT2D eigenvalue weighted by molar-refractivity contribution is 0.227. The molecule has 3 unspecified atom stereocenters. The number of fused-ring (bicyclic) bond motifs is 1. The molecule has 2 amide bonds. The molecule has 8 heteroatoms. The summed E-state index contributed by atoms with van der Waals surface area (Å²) >= 11 is 5.50. The average molecular weight is 420 g/mol. The minimum absolute atomic E-state index is 0.0819. The Bertz CT molecular complexity index is 741. The lowest BCUT2D eigenvalue weighted by Crippen LogP contribution is -2.52. The van der Waals surface area contributed by atoms with Gasteiger partial charge in [0.15, 0.2) is 5.11 Å². The Kier molecular flexibility index (Phi) is 5.75. The van der Waals surface area contributed by atoms with Crippen molar-refractivity contribution in [2.45, 2.75) is 57.7 Å². The van der Waals surface area contributed by atoms with Gasteiger partial charge in [0.25, 0.3) is 0 Å². The van der Waals surface area contributed by atoms with E-state index in [-0.39, 0.29) is 11.6 Å². The Labute approximate surface area is 178 Å². The first-order valence-corrected chi connectivity index (χ1v) is 11.1. The number of hydrogen-bond acceptors (Lipinski definition) is 4. The first-order valence-electron chi connectivity index (χ1n) is 10.7. The van der Waals surface area contributed by atoms with Gasteiger partial charge in [-0.25, -0.2) is 4.79 Å². The number of urea groups is 1. The lowest BCUT2D eigenvalue weighted by Gasteiger charge is -2.27. The zero-order valence-corrected chi connectivity index (χ0v) is 18.3. The number of thiocarbonyl (C=S) groups is 1. The highest BCUT2D eigenvalue weighted by Gasteiger charge is 2.56. The second kappa shape index (κ2) is 8.14. The summed E-state index contributed by atoms with van der Waals surface area (Å²) in [5, 5.41) is 10.1. The van der Waals surface area contributed by atoms with Gasteiger partial charge in [0, 0.05) is 32.2 Å². The first-order chi connectivity index (χ1) is 13.9. The van der Waals surface area contributed by atoms with Crippen LogP contribution in [0.2, 0.25) is 0 Å². The van der Waals surface area contributed by atoms with Crippen LogP contribution in [-0.2, 0) is 6.54 Å². The third kappa shape index (κ3) is 4.86. The van der Waals surface area contributed by atoms with Crippen molar-refractivity contribution < 1.29 is 9.21 Å².